The number of hydrogen-bond acceptors (Lipinski definition) is 7. The number of ether oxygens (including phenoxy) is 1. The Morgan fingerprint density at radius 3 is 2.41 bits per heavy atom. The van der Waals surface area contributed by atoms with E-state index in [1.54, 1.807) is 0 Å². The molecular formula is C24H32N2O7Si. The lowest BCUT2D eigenvalue weighted by Gasteiger charge is -2.50. The SMILES string of the molecule is C[C@@H](O[Si](C)(C)C(C)(C)C)[C@H]1C(=O)N2C(C(=O)OCc3ccc([N+](=O)[O-])cc3)=CCC(=O)C[C@H]12. The molecule has 2 aliphatic heterocycles. The summed E-state index contributed by atoms with van der Waals surface area (Å²) in [4.78, 5) is 50.1. The molecule has 10 heteroatoms. The highest BCUT2D eigenvalue weighted by atomic mass is 28.4. The molecule has 34 heavy (non-hydrogen) atoms. The van der Waals surface area contributed by atoms with Crippen LogP contribution in [0.4, 0.5) is 5.69 Å². The van der Waals surface area contributed by atoms with Gasteiger partial charge >= 0.3 is 5.97 Å². The number of ketones is 1. The molecule has 0 aliphatic carbocycles. The van der Waals surface area contributed by atoms with E-state index < -0.39 is 31.2 Å². The summed E-state index contributed by atoms with van der Waals surface area (Å²) in [6, 6.07) is 5.22. The lowest BCUT2D eigenvalue weighted by atomic mass is 9.80. The van der Waals surface area contributed by atoms with Crippen molar-refractivity contribution < 1.29 is 28.5 Å². The van der Waals surface area contributed by atoms with Gasteiger partial charge in [-0.2, -0.15) is 0 Å². The predicted octanol–water partition coefficient (Wildman–Crippen LogP) is 4.12. The van der Waals surface area contributed by atoms with E-state index in [9.17, 15) is 24.5 Å². The van der Waals surface area contributed by atoms with Gasteiger partial charge in [0.05, 0.1) is 23.0 Å². The number of benzene rings is 1. The monoisotopic (exact) mass is 488 g/mol. The van der Waals surface area contributed by atoms with Gasteiger partial charge in [-0.3, -0.25) is 19.7 Å². The van der Waals surface area contributed by atoms with Crippen LogP contribution in [-0.2, 0) is 30.2 Å². The summed E-state index contributed by atoms with van der Waals surface area (Å²) in [6.45, 7) is 12.4. The van der Waals surface area contributed by atoms with Crippen molar-refractivity contribution in [1.29, 1.82) is 0 Å². The number of rotatable bonds is 7. The molecule has 184 valence electrons. The van der Waals surface area contributed by atoms with E-state index in [1.165, 1.54) is 35.2 Å². The molecule has 3 rings (SSSR count). The number of allylic oxidation sites excluding steroid dienone is 1. The van der Waals surface area contributed by atoms with Crippen LogP contribution in [0.5, 0.6) is 0 Å². The van der Waals surface area contributed by atoms with E-state index >= 15 is 0 Å². The van der Waals surface area contributed by atoms with Gasteiger partial charge in [0.25, 0.3) is 5.69 Å². The van der Waals surface area contributed by atoms with Crippen molar-refractivity contribution in [3.63, 3.8) is 0 Å². The lowest BCUT2D eigenvalue weighted by molar-refractivity contribution is -0.384. The largest absolute Gasteiger partial charge is 0.456 e. The Balaban J connectivity index is 1.71. The fourth-order valence-electron chi connectivity index (χ4n) is 4.05. The molecule has 0 saturated carbocycles. The zero-order valence-electron chi connectivity index (χ0n) is 20.5. The van der Waals surface area contributed by atoms with Gasteiger partial charge in [0, 0.05) is 25.0 Å². The number of carbonyl (C=O) groups is 3. The highest BCUT2D eigenvalue weighted by Gasteiger charge is 2.55. The number of nitro groups is 1. The Labute approximate surface area is 200 Å². The van der Waals surface area contributed by atoms with Gasteiger partial charge < -0.3 is 14.1 Å². The van der Waals surface area contributed by atoms with Gasteiger partial charge in [0.2, 0.25) is 5.91 Å². The van der Waals surface area contributed by atoms with E-state index in [0.717, 1.165) is 0 Å². The van der Waals surface area contributed by atoms with Crippen LogP contribution in [-0.4, -0.2) is 47.9 Å². The quantitative estimate of drug-likeness (QED) is 0.186. The third-order valence-corrected chi connectivity index (χ3v) is 11.6. The molecular weight excluding hydrogens is 456 g/mol. The highest BCUT2D eigenvalue weighted by molar-refractivity contribution is 6.74. The minimum Gasteiger partial charge on any atom is -0.456 e. The van der Waals surface area contributed by atoms with Gasteiger partial charge in [-0.25, -0.2) is 4.79 Å². The Kier molecular flexibility index (Phi) is 7.14. The Morgan fingerprint density at radius 2 is 1.85 bits per heavy atom. The average molecular weight is 489 g/mol. The van der Waals surface area contributed by atoms with Gasteiger partial charge in [0.1, 0.15) is 18.1 Å². The summed E-state index contributed by atoms with van der Waals surface area (Å²) in [7, 11) is -2.13. The van der Waals surface area contributed by atoms with Gasteiger partial charge in [-0.15, -0.1) is 0 Å². The summed E-state index contributed by atoms with van der Waals surface area (Å²) in [5, 5.41) is 10.8. The average Bonchev–Trinajstić information content (AvgIpc) is 2.87. The first-order valence-corrected chi connectivity index (χ1v) is 14.3. The molecule has 0 spiro atoms. The number of fused-ring (bicyclic) bond motifs is 1. The molecule has 0 radical (unpaired) electrons. The fourth-order valence-corrected chi connectivity index (χ4v) is 5.48. The number of Topliss-reactive ketones (excluding diaryl/α,β-unsaturated/α-hetero) is 1. The fraction of sp³-hybridized carbons (Fsp3) is 0.542. The number of hydrogen-bond donors (Lipinski definition) is 0. The maximum atomic E-state index is 13.2. The molecule has 0 aromatic heterocycles. The van der Waals surface area contributed by atoms with Crippen molar-refractivity contribution in [2.75, 3.05) is 0 Å². The number of carbonyl (C=O) groups excluding carboxylic acids is 3. The predicted molar refractivity (Wildman–Crippen MR) is 127 cm³/mol. The van der Waals surface area contributed by atoms with E-state index in [1.807, 2.05) is 6.92 Å². The van der Waals surface area contributed by atoms with Crippen LogP contribution in [0.2, 0.25) is 18.1 Å². The molecule has 9 nitrogen and oxygen atoms in total. The Morgan fingerprint density at radius 1 is 1.24 bits per heavy atom. The smallest absolute Gasteiger partial charge is 0.355 e. The van der Waals surface area contributed by atoms with Gasteiger partial charge in [-0.05, 0) is 48.8 Å². The highest BCUT2D eigenvalue weighted by Crippen LogP contribution is 2.43. The topological polar surface area (TPSA) is 116 Å². The van der Waals surface area contributed by atoms with Gasteiger partial charge in [-0.1, -0.05) is 20.8 Å². The number of β-lactam (4-membered cyclic amide) rings is 1. The first kappa shape index (κ1) is 25.8. The summed E-state index contributed by atoms with van der Waals surface area (Å²) in [5.74, 6) is -1.50. The van der Waals surface area contributed by atoms with E-state index in [0.29, 0.717) is 5.56 Å². The standard InChI is InChI=1S/C24H32N2O7Si/c1-15(33-34(5,6)24(2,3)4)21-20-13-18(27)11-12-19(25(20)22(21)28)23(29)32-14-16-7-9-17(10-8-16)26(30)31/h7-10,12,15,20-21H,11,13-14H2,1-6H3/t15-,20-,21-/m1/s1. The molecule has 1 fully saturated rings. The maximum Gasteiger partial charge on any atom is 0.355 e. The molecule has 0 unspecified atom stereocenters. The molecule has 0 bridgehead atoms. The number of nitrogens with zero attached hydrogens (tertiary/aromatic N) is 2. The van der Waals surface area contributed by atoms with Crippen LogP contribution < -0.4 is 0 Å². The van der Waals surface area contributed by atoms with Crippen molar-refractivity contribution in [2.24, 2.45) is 5.92 Å². The second kappa shape index (κ2) is 9.42. The van der Waals surface area contributed by atoms with Gasteiger partial charge in [0.15, 0.2) is 8.32 Å². The van der Waals surface area contributed by atoms with Crippen LogP contribution >= 0.6 is 0 Å². The van der Waals surface area contributed by atoms with Crippen molar-refractivity contribution in [2.45, 2.75) is 77.4 Å². The van der Waals surface area contributed by atoms with Crippen molar-refractivity contribution in [1.82, 2.24) is 4.90 Å². The molecule has 1 saturated heterocycles. The second-order valence-corrected chi connectivity index (χ2v) is 15.2. The molecule has 0 N–H and O–H groups in total. The Hall–Kier alpha value is -2.85. The number of esters is 1. The maximum absolute atomic E-state index is 13.2. The normalized spacial score (nSPS) is 21.7. The zero-order chi connectivity index (χ0) is 25.4. The van der Waals surface area contributed by atoms with E-state index in [4.69, 9.17) is 9.16 Å². The number of nitro benzene ring substituents is 1. The van der Waals surface area contributed by atoms with Crippen LogP contribution in [0.1, 0.15) is 46.1 Å². The molecule has 2 aliphatic rings. The van der Waals surface area contributed by atoms with Crippen molar-refractivity contribution in [3.05, 3.63) is 51.7 Å². The van der Waals surface area contributed by atoms with Crippen LogP contribution in [0, 0.1) is 16.0 Å². The molecule has 1 aromatic carbocycles. The van der Waals surface area contributed by atoms with Crippen LogP contribution in [0.3, 0.4) is 0 Å². The minimum atomic E-state index is -2.13. The molecule has 1 amide bonds. The summed E-state index contributed by atoms with van der Waals surface area (Å²) >= 11 is 0. The van der Waals surface area contributed by atoms with Crippen molar-refractivity contribution >= 4 is 31.7 Å². The summed E-state index contributed by atoms with van der Waals surface area (Å²) < 4.78 is 11.8. The van der Waals surface area contributed by atoms with Crippen LogP contribution in [0.15, 0.2) is 36.0 Å². The number of non-ortho nitro benzene ring substituents is 1. The van der Waals surface area contributed by atoms with Crippen LogP contribution in [0.25, 0.3) is 0 Å². The third-order valence-electron chi connectivity index (χ3n) is 7.01. The lowest BCUT2D eigenvalue weighted by Crippen LogP contribution is -2.65. The molecule has 1 aromatic rings. The van der Waals surface area contributed by atoms with E-state index in [-0.39, 0.29) is 53.7 Å². The number of amides is 1. The summed E-state index contributed by atoms with van der Waals surface area (Å²) in [6.07, 6.45) is 1.29. The zero-order valence-corrected chi connectivity index (χ0v) is 21.5. The third kappa shape index (κ3) is 5.12. The first-order chi connectivity index (χ1) is 15.7. The van der Waals surface area contributed by atoms with Crippen molar-refractivity contribution in [3.8, 4) is 0 Å². The minimum absolute atomic E-state index is 0.0280. The molecule has 3 atom stereocenters. The summed E-state index contributed by atoms with van der Waals surface area (Å²) in [5.41, 5.74) is 0.581. The first-order valence-electron chi connectivity index (χ1n) is 11.4. The van der Waals surface area contributed by atoms with E-state index in [2.05, 4.69) is 33.9 Å². The Bertz CT molecular complexity index is 1030. The molecule has 2 heterocycles. The second-order valence-electron chi connectivity index (χ2n) is 10.4.